The molecule has 2 aromatic rings. The number of hydrogen-bond donors (Lipinski definition) is 1. The molecule has 0 saturated carbocycles. The predicted molar refractivity (Wildman–Crippen MR) is 98.3 cm³/mol. The Kier molecular flexibility index (Phi) is 4.95. The van der Waals surface area contributed by atoms with Gasteiger partial charge in [-0.15, -0.1) is 0 Å². The van der Waals surface area contributed by atoms with Crippen molar-refractivity contribution in [2.45, 2.75) is 32.8 Å². The van der Waals surface area contributed by atoms with Crippen LogP contribution in [0.1, 0.15) is 25.8 Å². The fraction of sp³-hybridized carbons (Fsp3) is 0.316. The Morgan fingerprint density at radius 1 is 1.25 bits per heavy atom. The molecule has 0 aliphatic carbocycles. The third-order valence-electron chi connectivity index (χ3n) is 4.21. The minimum atomic E-state index is -0.176. The minimum Gasteiger partial charge on any atom is -0.486 e. The Hall–Kier alpha value is -2.20. The van der Waals surface area contributed by atoms with Gasteiger partial charge in [-0.25, -0.2) is 4.79 Å². The van der Waals surface area contributed by atoms with Gasteiger partial charge in [0.1, 0.15) is 11.9 Å². The third kappa shape index (κ3) is 3.49. The number of nitrogens with zero attached hydrogens (tertiary/aromatic N) is 1. The van der Waals surface area contributed by atoms with E-state index in [-0.39, 0.29) is 12.1 Å². The van der Waals surface area contributed by atoms with E-state index in [1.54, 1.807) is 17.0 Å². The molecule has 0 spiro atoms. The molecule has 5 heteroatoms. The highest BCUT2D eigenvalue weighted by Gasteiger charge is 2.29. The minimum absolute atomic E-state index is 0.0214. The smallest absolute Gasteiger partial charge is 0.326 e. The molecule has 3 rings (SSSR count). The van der Waals surface area contributed by atoms with Gasteiger partial charge in [-0.1, -0.05) is 37.6 Å². The third-order valence-corrected chi connectivity index (χ3v) is 4.44. The van der Waals surface area contributed by atoms with E-state index in [0.717, 1.165) is 18.5 Å². The molecule has 4 nitrogen and oxygen atoms in total. The number of rotatable bonds is 3. The largest absolute Gasteiger partial charge is 0.486 e. The number of nitrogens with one attached hydrogen (secondary N) is 1. The summed E-state index contributed by atoms with van der Waals surface area (Å²) in [6.07, 6.45) is 1.78. The molecule has 0 radical (unpaired) electrons. The van der Waals surface area contributed by atoms with Crippen LogP contribution >= 0.6 is 11.6 Å². The number of carbonyl (C=O) groups excluding carboxylic acids is 1. The number of benzene rings is 2. The van der Waals surface area contributed by atoms with Crippen LogP contribution in [0.5, 0.6) is 5.75 Å². The van der Waals surface area contributed by atoms with Crippen molar-refractivity contribution in [1.29, 1.82) is 0 Å². The number of urea groups is 1. The highest BCUT2D eigenvalue weighted by molar-refractivity contribution is 6.31. The van der Waals surface area contributed by atoms with Crippen molar-refractivity contribution in [3.05, 3.63) is 53.1 Å². The average molecular weight is 345 g/mol. The molecule has 2 aromatic carbocycles. The summed E-state index contributed by atoms with van der Waals surface area (Å²) in [6, 6.07) is 13.1. The lowest BCUT2D eigenvalue weighted by molar-refractivity contribution is 0.188. The van der Waals surface area contributed by atoms with E-state index in [2.05, 4.69) is 12.2 Å². The molecule has 0 unspecified atom stereocenters. The number of fused-ring (bicyclic) bond motifs is 1. The number of carbonyl (C=O) groups is 1. The molecule has 126 valence electrons. The summed E-state index contributed by atoms with van der Waals surface area (Å²) < 4.78 is 5.92. The fourth-order valence-corrected chi connectivity index (χ4v) is 2.91. The molecule has 24 heavy (non-hydrogen) atoms. The highest BCUT2D eigenvalue weighted by atomic mass is 35.5. The number of halogens is 1. The molecule has 0 fully saturated rings. The lowest BCUT2D eigenvalue weighted by Gasteiger charge is -2.34. The van der Waals surface area contributed by atoms with Gasteiger partial charge in [-0.2, -0.15) is 0 Å². The topological polar surface area (TPSA) is 41.6 Å². The van der Waals surface area contributed by atoms with Crippen LogP contribution in [0.4, 0.5) is 16.2 Å². The normalized spacial score (nSPS) is 16.3. The van der Waals surface area contributed by atoms with Crippen LogP contribution in [0.25, 0.3) is 0 Å². The van der Waals surface area contributed by atoms with Gasteiger partial charge >= 0.3 is 6.03 Å². The first-order chi connectivity index (χ1) is 11.6. The molecule has 0 bridgehead atoms. The summed E-state index contributed by atoms with van der Waals surface area (Å²) in [7, 11) is 0. The van der Waals surface area contributed by atoms with Crippen LogP contribution in [0, 0.1) is 0 Å². The van der Waals surface area contributed by atoms with Gasteiger partial charge in [0.05, 0.1) is 12.2 Å². The summed E-state index contributed by atoms with van der Waals surface area (Å²) in [5, 5.41) is 3.54. The quantitative estimate of drug-likeness (QED) is 0.840. The number of ether oxygens (including phenoxy) is 1. The van der Waals surface area contributed by atoms with Crippen molar-refractivity contribution < 1.29 is 9.53 Å². The molecule has 1 aliphatic heterocycles. The van der Waals surface area contributed by atoms with Crippen LogP contribution in [0.3, 0.4) is 0 Å². The van der Waals surface area contributed by atoms with E-state index < -0.39 is 0 Å². The average Bonchev–Trinajstić information content (AvgIpc) is 2.61. The van der Waals surface area contributed by atoms with Crippen molar-refractivity contribution in [2.24, 2.45) is 0 Å². The Morgan fingerprint density at radius 2 is 2.00 bits per heavy atom. The molecule has 2 amide bonds. The van der Waals surface area contributed by atoms with Crippen molar-refractivity contribution in [2.75, 3.05) is 16.8 Å². The lowest BCUT2D eigenvalue weighted by atomic mass is 10.1. The Labute approximate surface area is 147 Å². The lowest BCUT2D eigenvalue weighted by Crippen LogP contribution is -2.45. The van der Waals surface area contributed by atoms with Crippen molar-refractivity contribution >= 4 is 29.0 Å². The van der Waals surface area contributed by atoms with Gasteiger partial charge in [0.2, 0.25) is 0 Å². The number of aryl methyl sites for hydroxylation is 1. The van der Waals surface area contributed by atoms with Gasteiger partial charge in [0.25, 0.3) is 0 Å². The zero-order valence-electron chi connectivity index (χ0n) is 13.9. The summed E-state index contributed by atoms with van der Waals surface area (Å²) >= 11 is 6.10. The zero-order valence-corrected chi connectivity index (χ0v) is 14.6. The van der Waals surface area contributed by atoms with Gasteiger partial charge in [-0.05, 0) is 48.7 Å². The summed E-state index contributed by atoms with van der Waals surface area (Å²) in [5.41, 5.74) is 2.72. The standard InChI is InChI=1S/C19H21ClN2O2/c1-3-13-5-8-15(9-6-13)21-19(23)22-12-16(4-2)24-18-10-7-14(20)11-17(18)22/h5-11,16H,3-4,12H2,1-2H3,(H,21,23)/t16-/m0/s1. The first-order valence-corrected chi connectivity index (χ1v) is 8.62. The predicted octanol–water partition coefficient (Wildman–Crippen LogP) is 5.11. The van der Waals surface area contributed by atoms with E-state index in [1.165, 1.54) is 5.56 Å². The molecular weight excluding hydrogens is 324 g/mol. The van der Waals surface area contributed by atoms with E-state index >= 15 is 0 Å². The summed E-state index contributed by atoms with van der Waals surface area (Å²) in [4.78, 5) is 14.5. The van der Waals surface area contributed by atoms with E-state index in [9.17, 15) is 4.79 Å². The van der Waals surface area contributed by atoms with Crippen molar-refractivity contribution in [1.82, 2.24) is 0 Å². The first-order valence-electron chi connectivity index (χ1n) is 8.24. The SMILES string of the molecule is CCc1ccc(NC(=O)N2C[C@H](CC)Oc3ccc(Cl)cc32)cc1. The Morgan fingerprint density at radius 3 is 2.67 bits per heavy atom. The van der Waals surface area contributed by atoms with Gasteiger partial charge < -0.3 is 10.1 Å². The molecule has 0 aromatic heterocycles. The summed E-state index contributed by atoms with van der Waals surface area (Å²) in [6.45, 7) is 4.65. The molecule has 1 N–H and O–H groups in total. The highest BCUT2D eigenvalue weighted by Crippen LogP contribution is 2.36. The Balaban J connectivity index is 1.84. The second-order valence-corrected chi connectivity index (χ2v) is 6.29. The number of hydrogen-bond acceptors (Lipinski definition) is 2. The maximum atomic E-state index is 12.8. The van der Waals surface area contributed by atoms with Gasteiger partial charge in [0, 0.05) is 10.7 Å². The van der Waals surface area contributed by atoms with Crippen LogP contribution in [-0.2, 0) is 6.42 Å². The van der Waals surface area contributed by atoms with Gasteiger partial charge in [-0.3, -0.25) is 4.90 Å². The van der Waals surface area contributed by atoms with Crippen molar-refractivity contribution in [3.8, 4) is 5.75 Å². The Bertz CT molecular complexity index is 731. The zero-order chi connectivity index (χ0) is 17.1. The molecular formula is C19H21ClN2O2. The monoisotopic (exact) mass is 344 g/mol. The van der Waals surface area contributed by atoms with Gasteiger partial charge in [0.15, 0.2) is 0 Å². The fourth-order valence-electron chi connectivity index (χ4n) is 2.74. The van der Waals surface area contributed by atoms with Crippen LogP contribution < -0.4 is 15.0 Å². The van der Waals surface area contributed by atoms with Crippen LogP contribution in [-0.4, -0.2) is 18.7 Å². The van der Waals surface area contributed by atoms with Crippen LogP contribution in [0.2, 0.25) is 5.02 Å². The number of amides is 2. The van der Waals surface area contributed by atoms with E-state index in [0.29, 0.717) is 23.0 Å². The number of anilines is 2. The first kappa shape index (κ1) is 16.7. The second-order valence-electron chi connectivity index (χ2n) is 5.85. The maximum absolute atomic E-state index is 12.8. The van der Waals surface area contributed by atoms with E-state index in [1.807, 2.05) is 37.3 Å². The van der Waals surface area contributed by atoms with Crippen molar-refractivity contribution in [3.63, 3.8) is 0 Å². The van der Waals surface area contributed by atoms with E-state index in [4.69, 9.17) is 16.3 Å². The second kappa shape index (κ2) is 7.14. The molecule has 1 atom stereocenters. The molecule has 1 aliphatic rings. The summed E-state index contributed by atoms with van der Waals surface area (Å²) in [5.74, 6) is 0.689. The van der Waals surface area contributed by atoms with Crippen LogP contribution in [0.15, 0.2) is 42.5 Å². The maximum Gasteiger partial charge on any atom is 0.326 e. The molecule has 1 heterocycles. The molecule has 0 saturated heterocycles.